The van der Waals surface area contributed by atoms with Crippen LogP contribution in [0.1, 0.15) is 30.7 Å². The quantitative estimate of drug-likeness (QED) is 0.596. The Morgan fingerprint density at radius 3 is 2.89 bits per heavy atom. The van der Waals surface area contributed by atoms with Gasteiger partial charge >= 0.3 is 0 Å². The maximum absolute atomic E-state index is 6.05. The molecule has 0 amide bonds. The molecule has 0 saturated heterocycles. The second kappa shape index (κ2) is 5.99. The number of nitrogens with zero attached hydrogens (tertiary/aromatic N) is 4. The summed E-state index contributed by atoms with van der Waals surface area (Å²) in [4.78, 5) is 17.6. The Morgan fingerprint density at radius 2 is 2.04 bits per heavy atom. The third-order valence-corrected chi connectivity index (χ3v) is 4.83. The van der Waals surface area contributed by atoms with Crippen LogP contribution in [0.25, 0.3) is 22.2 Å². The average Bonchev–Trinajstić information content (AvgIpc) is 3.03. The van der Waals surface area contributed by atoms with Crippen LogP contribution in [-0.4, -0.2) is 25.5 Å². The van der Waals surface area contributed by atoms with E-state index in [4.69, 9.17) is 14.1 Å². The SMILES string of the molecule is CC1(C)Cc2nc3oc4c(NCc5ccncc5)ncnc4c3cc2CO1. The molecule has 4 aromatic rings. The molecule has 0 bridgehead atoms. The molecule has 0 aromatic carbocycles. The average molecular weight is 361 g/mol. The first-order valence-corrected chi connectivity index (χ1v) is 8.92. The van der Waals surface area contributed by atoms with Crippen molar-refractivity contribution in [1.29, 1.82) is 0 Å². The summed E-state index contributed by atoms with van der Waals surface area (Å²) in [5.41, 5.74) is 4.99. The molecule has 0 spiro atoms. The van der Waals surface area contributed by atoms with Gasteiger partial charge in [0, 0.05) is 30.9 Å². The highest BCUT2D eigenvalue weighted by Gasteiger charge is 2.28. The Hall–Kier alpha value is -3.06. The van der Waals surface area contributed by atoms with Crippen LogP contribution in [0, 0.1) is 0 Å². The van der Waals surface area contributed by atoms with Crippen molar-refractivity contribution in [3.63, 3.8) is 0 Å². The fourth-order valence-corrected chi connectivity index (χ4v) is 3.40. The fourth-order valence-electron chi connectivity index (χ4n) is 3.40. The van der Waals surface area contributed by atoms with Crippen molar-refractivity contribution in [2.75, 3.05) is 5.32 Å². The Labute approximate surface area is 155 Å². The highest BCUT2D eigenvalue weighted by atomic mass is 16.5. The van der Waals surface area contributed by atoms with E-state index in [1.807, 2.05) is 12.1 Å². The van der Waals surface area contributed by atoms with Gasteiger partial charge in [-0.05, 0) is 37.6 Å². The molecule has 7 heteroatoms. The molecule has 5 rings (SSSR count). The molecule has 7 nitrogen and oxygen atoms in total. The first-order valence-electron chi connectivity index (χ1n) is 8.92. The van der Waals surface area contributed by atoms with E-state index in [0.29, 0.717) is 30.3 Å². The largest absolute Gasteiger partial charge is 0.432 e. The number of aromatic nitrogens is 4. The van der Waals surface area contributed by atoms with Gasteiger partial charge in [-0.1, -0.05) is 0 Å². The van der Waals surface area contributed by atoms with Crippen molar-refractivity contribution in [2.24, 2.45) is 0 Å². The Bertz CT molecular complexity index is 1140. The van der Waals surface area contributed by atoms with Gasteiger partial charge in [0.15, 0.2) is 11.4 Å². The lowest BCUT2D eigenvalue weighted by molar-refractivity contribution is -0.0411. The van der Waals surface area contributed by atoms with Gasteiger partial charge in [-0.2, -0.15) is 0 Å². The molecule has 27 heavy (non-hydrogen) atoms. The number of rotatable bonds is 3. The van der Waals surface area contributed by atoms with E-state index in [2.05, 4.69) is 40.2 Å². The van der Waals surface area contributed by atoms with Crippen LogP contribution in [0.3, 0.4) is 0 Å². The lowest BCUT2D eigenvalue weighted by Gasteiger charge is -2.30. The van der Waals surface area contributed by atoms with Crippen LogP contribution in [0.4, 0.5) is 5.82 Å². The summed E-state index contributed by atoms with van der Waals surface area (Å²) in [5, 5.41) is 4.21. The fraction of sp³-hybridized carbons (Fsp3) is 0.300. The minimum atomic E-state index is -0.212. The zero-order chi connectivity index (χ0) is 18.4. The van der Waals surface area contributed by atoms with Gasteiger partial charge in [-0.25, -0.2) is 15.0 Å². The number of furan rings is 1. The first-order chi connectivity index (χ1) is 13.1. The van der Waals surface area contributed by atoms with Crippen molar-refractivity contribution >= 4 is 28.0 Å². The van der Waals surface area contributed by atoms with Crippen LogP contribution in [-0.2, 0) is 24.3 Å². The van der Waals surface area contributed by atoms with Gasteiger partial charge in [-0.3, -0.25) is 4.98 Å². The Morgan fingerprint density at radius 1 is 1.19 bits per heavy atom. The third kappa shape index (κ3) is 2.90. The van der Waals surface area contributed by atoms with Crippen LogP contribution < -0.4 is 5.32 Å². The summed E-state index contributed by atoms with van der Waals surface area (Å²) in [6, 6.07) is 6.00. The van der Waals surface area contributed by atoms with Crippen LogP contribution in [0.5, 0.6) is 0 Å². The van der Waals surface area contributed by atoms with Crippen molar-refractivity contribution in [3.05, 3.63) is 53.7 Å². The number of pyridine rings is 2. The Kier molecular flexibility index (Phi) is 3.58. The second-order valence-corrected chi connectivity index (χ2v) is 7.38. The van der Waals surface area contributed by atoms with Gasteiger partial charge in [0.2, 0.25) is 5.71 Å². The van der Waals surface area contributed by atoms with E-state index < -0.39 is 0 Å². The standard InChI is InChI=1S/C20H19N5O2/c1-20(2)8-15-13(10-26-20)7-14-16-17(27-19(14)25-15)18(24-11-23-16)22-9-12-3-5-21-6-4-12/h3-7,11H,8-10H2,1-2H3,(H,22,23,24). The summed E-state index contributed by atoms with van der Waals surface area (Å²) in [5.74, 6) is 0.657. The summed E-state index contributed by atoms with van der Waals surface area (Å²) in [6.07, 6.45) is 5.84. The van der Waals surface area contributed by atoms with Gasteiger partial charge in [0.25, 0.3) is 0 Å². The van der Waals surface area contributed by atoms with Crippen molar-refractivity contribution in [1.82, 2.24) is 19.9 Å². The normalized spacial score (nSPS) is 15.8. The molecule has 0 saturated carbocycles. The third-order valence-electron chi connectivity index (χ3n) is 4.83. The molecular formula is C20H19N5O2. The smallest absolute Gasteiger partial charge is 0.229 e. The van der Waals surface area contributed by atoms with E-state index >= 15 is 0 Å². The van der Waals surface area contributed by atoms with Gasteiger partial charge < -0.3 is 14.5 Å². The van der Waals surface area contributed by atoms with E-state index in [0.717, 1.165) is 34.1 Å². The van der Waals surface area contributed by atoms with Crippen molar-refractivity contribution in [2.45, 2.75) is 39.0 Å². The molecule has 5 heterocycles. The van der Waals surface area contributed by atoms with Crippen LogP contribution in [0.2, 0.25) is 0 Å². The maximum atomic E-state index is 6.05. The van der Waals surface area contributed by atoms with Gasteiger partial charge in [0.1, 0.15) is 11.8 Å². The van der Waals surface area contributed by atoms with Gasteiger partial charge in [0.05, 0.1) is 23.3 Å². The topological polar surface area (TPSA) is 86.0 Å². The zero-order valence-corrected chi connectivity index (χ0v) is 15.2. The highest BCUT2D eigenvalue weighted by Crippen LogP contribution is 2.34. The molecule has 1 aliphatic heterocycles. The van der Waals surface area contributed by atoms with Crippen LogP contribution >= 0.6 is 0 Å². The number of hydrogen-bond acceptors (Lipinski definition) is 7. The molecule has 0 radical (unpaired) electrons. The molecule has 0 atom stereocenters. The first kappa shape index (κ1) is 16.1. The zero-order valence-electron chi connectivity index (χ0n) is 15.2. The number of hydrogen-bond donors (Lipinski definition) is 1. The summed E-state index contributed by atoms with van der Waals surface area (Å²) in [7, 11) is 0. The minimum absolute atomic E-state index is 0.212. The van der Waals surface area contributed by atoms with Crippen LogP contribution in [0.15, 0.2) is 41.3 Å². The molecule has 0 aliphatic carbocycles. The summed E-state index contributed by atoms with van der Waals surface area (Å²) < 4.78 is 12.0. The van der Waals surface area contributed by atoms with E-state index in [1.165, 1.54) is 0 Å². The van der Waals surface area contributed by atoms with E-state index in [9.17, 15) is 0 Å². The molecule has 0 unspecified atom stereocenters. The second-order valence-electron chi connectivity index (χ2n) is 7.38. The summed E-state index contributed by atoms with van der Waals surface area (Å²) in [6.45, 7) is 5.33. The monoisotopic (exact) mass is 361 g/mol. The van der Waals surface area contributed by atoms with Crippen molar-refractivity contribution < 1.29 is 9.15 Å². The lowest BCUT2D eigenvalue weighted by atomic mass is 9.95. The maximum Gasteiger partial charge on any atom is 0.229 e. The number of nitrogens with one attached hydrogen (secondary N) is 1. The highest BCUT2D eigenvalue weighted by molar-refractivity contribution is 6.04. The molecule has 0 fully saturated rings. The number of fused-ring (bicyclic) bond motifs is 4. The molecule has 1 aliphatic rings. The molecule has 136 valence electrons. The number of anilines is 1. The molecule has 1 N–H and O–H groups in total. The predicted octanol–water partition coefficient (Wildman–Crippen LogP) is 3.63. The molecule has 4 aromatic heterocycles. The Balaban J connectivity index is 1.56. The number of ether oxygens (including phenoxy) is 1. The minimum Gasteiger partial charge on any atom is -0.432 e. The van der Waals surface area contributed by atoms with E-state index in [1.54, 1.807) is 18.7 Å². The lowest BCUT2D eigenvalue weighted by Crippen LogP contribution is -2.32. The predicted molar refractivity (Wildman–Crippen MR) is 101 cm³/mol. The van der Waals surface area contributed by atoms with E-state index in [-0.39, 0.29) is 5.60 Å². The van der Waals surface area contributed by atoms with Crippen molar-refractivity contribution in [3.8, 4) is 0 Å². The van der Waals surface area contributed by atoms with Gasteiger partial charge in [-0.15, -0.1) is 0 Å². The molecular weight excluding hydrogens is 342 g/mol. The summed E-state index contributed by atoms with van der Waals surface area (Å²) >= 11 is 0.